The molecule has 2 heterocycles. The van der Waals surface area contributed by atoms with Crippen LogP contribution in [0.15, 0.2) is 27.7 Å². The summed E-state index contributed by atoms with van der Waals surface area (Å²) in [5, 5.41) is 21.6. The molecule has 0 aromatic carbocycles. The standard InChI is InChI=1S/C12H13N5O4S2/c1-12(2,3)21-10(18)14-9-15-16-11(23-9)22-8-5-4-7(6-13-8)17(19)20/h4-6H,1-3H3,(H,14,15,18). The first-order valence-electron chi connectivity index (χ1n) is 6.35. The lowest BCUT2D eigenvalue weighted by molar-refractivity contribution is -0.385. The monoisotopic (exact) mass is 355 g/mol. The molecule has 23 heavy (non-hydrogen) atoms. The molecule has 0 aliphatic rings. The van der Waals surface area contributed by atoms with Gasteiger partial charge in [-0.15, -0.1) is 10.2 Å². The Balaban J connectivity index is 1.96. The Labute approximate surface area is 139 Å². The molecule has 0 aliphatic carbocycles. The lowest BCUT2D eigenvalue weighted by atomic mass is 10.2. The molecule has 0 atom stereocenters. The Morgan fingerprint density at radius 2 is 2.13 bits per heavy atom. The number of amides is 1. The van der Waals surface area contributed by atoms with Crippen LogP contribution in [0.1, 0.15) is 20.8 Å². The molecular formula is C12H13N5O4S2. The van der Waals surface area contributed by atoms with Crippen molar-refractivity contribution in [2.24, 2.45) is 0 Å². The lowest BCUT2D eigenvalue weighted by Crippen LogP contribution is -2.27. The van der Waals surface area contributed by atoms with Crippen molar-refractivity contribution in [3.63, 3.8) is 0 Å². The number of pyridine rings is 1. The maximum atomic E-state index is 11.6. The largest absolute Gasteiger partial charge is 0.444 e. The van der Waals surface area contributed by atoms with Gasteiger partial charge in [-0.25, -0.2) is 9.78 Å². The van der Waals surface area contributed by atoms with E-state index in [0.717, 1.165) is 11.3 Å². The zero-order valence-electron chi connectivity index (χ0n) is 12.5. The zero-order chi connectivity index (χ0) is 17.0. The third kappa shape index (κ3) is 5.45. The molecule has 2 aromatic rings. The van der Waals surface area contributed by atoms with E-state index in [-0.39, 0.29) is 5.69 Å². The molecule has 1 amide bonds. The van der Waals surface area contributed by atoms with Crippen molar-refractivity contribution in [3.05, 3.63) is 28.4 Å². The molecule has 0 radical (unpaired) electrons. The molecule has 0 spiro atoms. The summed E-state index contributed by atoms with van der Waals surface area (Å²) in [5.41, 5.74) is -0.687. The minimum absolute atomic E-state index is 0.0844. The average Bonchev–Trinajstić information content (AvgIpc) is 2.84. The summed E-state index contributed by atoms with van der Waals surface area (Å²) in [6.45, 7) is 5.27. The normalized spacial score (nSPS) is 11.1. The van der Waals surface area contributed by atoms with Gasteiger partial charge in [-0.2, -0.15) is 0 Å². The highest BCUT2D eigenvalue weighted by Gasteiger charge is 2.18. The molecule has 1 N–H and O–H groups in total. The Hall–Kier alpha value is -2.27. The van der Waals surface area contributed by atoms with E-state index in [1.165, 1.54) is 30.1 Å². The molecule has 0 fully saturated rings. The minimum atomic E-state index is -0.612. The van der Waals surface area contributed by atoms with E-state index in [1.54, 1.807) is 20.8 Å². The van der Waals surface area contributed by atoms with Gasteiger partial charge in [-0.05, 0) is 38.6 Å². The zero-order valence-corrected chi connectivity index (χ0v) is 14.1. The van der Waals surface area contributed by atoms with Gasteiger partial charge in [0.25, 0.3) is 5.69 Å². The number of carbonyl (C=O) groups excluding carboxylic acids is 1. The number of rotatable bonds is 4. The van der Waals surface area contributed by atoms with Gasteiger partial charge in [0.2, 0.25) is 5.13 Å². The quantitative estimate of drug-likeness (QED) is 0.503. The third-order valence-electron chi connectivity index (χ3n) is 2.14. The van der Waals surface area contributed by atoms with Crippen molar-refractivity contribution in [1.29, 1.82) is 0 Å². The Kier molecular flexibility index (Phi) is 5.11. The predicted octanol–water partition coefficient (Wildman–Crippen LogP) is 3.34. The van der Waals surface area contributed by atoms with Gasteiger partial charge in [0.05, 0.1) is 4.92 Å². The number of hydrogen-bond acceptors (Lipinski definition) is 9. The molecule has 0 unspecified atom stereocenters. The van der Waals surface area contributed by atoms with Crippen molar-refractivity contribution in [2.75, 3.05) is 5.32 Å². The summed E-state index contributed by atoms with van der Waals surface area (Å²) in [6.07, 6.45) is 0.558. The van der Waals surface area contributed by atoms with E-state index in [4.69, 9.17) is 4.74 Å². The first-order valence-corrected chi connectivity index (χ1v) is 7.98. The molecule has 0 saturated heterocycles. The van der Waals surface area contributed by atoms with E-state index in [2.05, 4.69) is 20.5 Å². The van der Waals surface area contributed by atoms with Gasteiger partial charge in [0.1, 0.15) is 16.8 Å². The van der Waals surface area contributed by atoms with Crippen LogP contribution in [-0.2, 0) is 4.74 Å². The first-order chi connectivity index (χ1) is 10.7. The van der Waals surface area contributed by atoms with Crippen LogP contribution >= 0.6 is 23.1 Å². The van der Waals surface area contributed by atoms with Crippen LogP contribution in [0.2, 0.25) is 0 Å². The molecule has 122 valence electrons. The topological polar surface area (TPSA) is 120 Å². The van der Waals surface area contributed by atoms with Gasteiger partial charge >= 0.3 is 6.09 Å². The molecule has 0 aliphatic heterocycles. The fourth-order valence-electron chi connectivity index (χ4n) is 1.32. The number of nitro groups is 1. The van der Waals surface area contributed by atoms with Gasteiger partial charge in [0, 0.05) is 6.07 Å². The Morgan fingerprint density at radius 1 is 1.39 bits per heavy atom. The van der Waals surface area contributed by atoms with Crippen molar-refractivity contribution >= 4 is 40.0 Å². The van der Waals surface area contributed by atoms with Crippen LogP contribution in [0.4, 0.5) is 15.6 Å². The molecule has 0 saturated carbocycles. The van der Waals surface area contributed by atoms with Gasteiger partial charge in [-0.1, -0.05) is 11.3 Å². The molecule has 9 nitrogen and oxygen atoms in total. The lowest BCUT2D eigenvalue weighted by Gasteiger charge is -2.18. The summed E-state index contributed by atoms with van der Waals surface area (Å²) < 4.78 is 5.65. The highest BCUT2D eigenvalue weighted by Crippen LogP contribution is 2.31. The second-order valence-corrected chi connectivity index (χ2v) is 7.46. The predicted molar refractivity (Wildman–Crippen MR) is 84.8 cm³/mol. The molecule has 0 bridgehead atoms. The Bertz CT molecular complexity index is 711. The highest BCUT2D eigenvalue weighted by atomic mass is 32.2. The van der Waals surface area contributed by atoms with Crippen LogP contribution < -0.4 is 5.32 Å². The number of nitrogens with zero attached hydrogens (tertiary/aromatic N) is 4. The van der Waals surface area contributed by atoms with Crippen LogP contribution in [0, 0.1) is 10.1 Å². The fourth-order valence-corrected chi connectivity index (χ4v) is 2.95. The smallest absolute Gasteiger partial charge is 0.414 e. The van der Waals surface area contributed by atoms with Crippen molar-refractivity contribution in [1.82, 2.24) is 15.2 Å². The second-order valence-electron chi connectivity index (χ2n) is 5.21. The van der Waals surface area contributed by atoms with E-state index >= 15 is 0 Å². The first kappa shape index (κ1) is 17.1. The maximum Gasteiger partial charge on any atom is 0.414 e. The number of nitrogens with one attached hydrogen (secondary N) is 1. The number of hydrogen-bond donors (Lipinski definition) is 1. The van der Waals surface area contributed by atoms with Crippen LogP contribution in [0.5, 0.6) is 0 Å². The molecule has 11 heteroatoms. The van der Waals surface area contributed by atoms with Crippen LogP contribution in [0.3, 0.4) is 0 Å². The second kappa shape index (κ2) is 6.87. The average molecular weight is 355 g/mol. The van der Waals surface area contributed by atoms with E-state index in [0.29, 0.717) is 14.5 Å². The van der Waals surface area contributed by atoms with Gasteiger partial charge in [-0.3, -0.25) is 15.4 Å². The number of carbonyl (C=O) groups is 1. The minimum Gasteiger partial charge on any atom is -0.444 e. The highest BCUT2D eigenvalue weighted by molar-refractivity contribution is 8.01. The summed E-state index contributed by atoms with van der Waals surface area (Å²) in [5.74, 6) is 0. The SMILES string of the molecule is CC(C)(C)OC(=O)Nc1nnc(Sc2ccc([N+](=O)[O-])cn2)s1. The van der Waals surface area contributed by atoms with Crippen molar-refractivity contribution in [3.8, 4) is 0 Å². The Morgan fingerprint density at radius 3 is 2.70 bits per heavy atom. The molecule has 2 rings (SSSR count). The van der Waals surface area contributed by atoms with Crippen molar-refractivity contribution < 1.29 is 14.5 Å². The van der Waals surface area contributed by atoms with E-state index in [1.807, 2.05) is 0 Å². The third-order valence-corrected chi connectivity index (χ3v) is 3.98. The fraction of sp³-hybridized carbons (Fsp3) is 0.333. The summed E-state index contributed by atoms with van der Waals surface area (Å²) >= 11 is 2.34. The van der Waals surface area contributed by atoms with E-state index in [9.17, 15) is 14.9 Å². The van der Waals surface area contributed by atoms with Crippen LogP contribution in [-0.4, -0.2) is 31.8 Å². The molecule has 2 aromatic heterocycles. The molecular weight excluding hydrogens is 342 g/mol. The summed E-state index contributed by atoms with van der Waals surface area (Å²) in [7, 11) is 0. The summed E-state index contributed by atoms with van der Waals surface area (Å²) in [4.78, 5) is 25.6. The maximum absolute atomic E-state index is 11.6. The van der Waals surface area contributed by atoms with Crippen LogP contribution in [0.25, 0.3) is 0 Å². The van der Waals surface area contributed by atoms with Crippen molar-refractivity contribution in [2.45, 2.75) is 35.7 Å². The summed E-state index contributed by atoms with van der Waals surface area (Å²) in [6, 6.07) is 2.88. The number of ether oxygens (including phenoxy) is 1. The van der Waals surface area contributed by atoms with Gasteiger partial charge in [0.15, 0.2) is 4.34 Å². The number of aromatic nitrogens is 3. The van der Waals surface area contributed by atoms with E-state index < -0.39 is 16.6 Å². The van der Waals surface area contributed by atoms with Gasteiger partial charge < -0.3 is 4.74 Å². The number of anilines is 1.